The number of fused-ring (bicyclic) bond motifs is 1. The number of unbranched alkanes of at least 4 members (excludes halogenated alkanes) is 1. The highest BCUT2D eigenvalue weighted by atomic mass is 32.2. The Hall–Kier alpha value is -2.00. The molecule has 1 atom stereocenters. The number of rotatable bonds is 7. The molecule has 2 aromatic rings. The van der Waals surface area contributed by atoms with E-state index < -0.39 is 10.0 Å². The Labute approximate surface area is 153 Å². The molecule has 0 aromatic carbocycles. The fourth-order valence-electron chi connectivity index (χ4n) is 3.16. The predicted octanol–water partition coefficient (Wildman–Crippen LogP) is 0.912. The molecule has 3 rings (SSSR count). The Balaban J connectivity index is 1.67. The summed E-state index contributed by atoms with van der Waals surface area (Å²) in [6.07, 6.45) is 6.73. The molecule has 0 spiro atoms. The Bertz CT molecular complexity index is 889. The lowest BCUT2D eigenvalue weighted by molar-refractivity contribution is 0.487. The van der Waals surface area contributed by atoms with Crippen molar-refractivity contribution in [1.82, 2.24) is 24.1 Å². The van der Waals surface area contributed by atoms with Crippen molar-refractivity contribution in [2.75, 3.05) is 5.75 Å². The lowest BCUT2D eigenvalue weighted by Gasteiger charge is -2.16. The standard InChI is InChI=1S/C17H25N5O3S/c1-2-3-11-26(24,25)20-15-6-7-16-19-22(17(23)21(16)10-8-15)13-14-5-4-9-18-12-14/h4-5,9,12,15,20H,2-3,6-8,10-11,13H2,1H3. The second-order valence-electron chi connectivity index (χ2n) is 6.68. The first-order chi connectivity index (χ1) is 12.5. The fraction of sp³-hybridized carbons (Fsp3) is 0.588. The van der Waals surface area contributed by atoms with E-state index in [1.807, 2.05) is 19.1 Å². The second kappa shape index (κ2) is 8.13. The van der Waals surface area contributed by atoms with Gasteiger partial charge < -0.3 is 0 Å². The largest absolute Gasteiger partial charge is 0.346 e. The summed E-state index contributed by atoms with van der Waals surface area (Å²) in [4.78, 5) is 16.7. The van der Waals surface area contributed by atoms with Gasteiger partial charge in [-0.3, -0.25) is 9.55 Å². The number of nitrogens with zero attached hydrogens (tertiary/aromatic N) is 4. The van der Waals surface area contributed by atoms with Crippen LogP contribution in [-0.4, -0.2) is 39.5 Å². The van der Waals surface area contributed by atoms with Gasteiger partial charge in [0.2, 0.25) is 10.0 Å². The van der Waals surface area contributed by atoms with Gasteiger partial charge in [0.25, 0.3) is 0 Å². The van der Waals surface area contributed by atoms with E-state index in [1.165, 1.54) is 4.68 Å². The Morgan fingerprint density at radius 3 is 2.92 bits per heavy atom. The number of hydrogen-bond acceptors (Lipinski definition) is 5. The summed E-state index contributed by atoms with van der Waals surface area (Å²) in [5.41, 5.74) is 0.766. The van der Waals surface area contributed by atoms with Crippen LogP contribution in [0.3, 0.4) is 0 Å². The molecular formula is C17H25N5O3S. The van der Waals surface area contributed by atoms with Crippen molar-refractivity contribution in [3.8, 4) is 0 Å². The van der Waals surface area contributed by atoms with Gasteiger partial charge in [0.1, 0.15) is 5.82 Å². The summed E-state index contributed by atoms with van der Waals surface area (Å²) in [6.45, 7) is 2.83. The number of sulfonamides is 1. The van der Waals surface area contributed by atoms with Gasteiger partial charge in [-0.25, -0.2) is 22.6 Å². The molecule has 0 amide bonds. The van der Waals surface area contributed by atoms with Gasteiger partial charge in [-0.1, -0.05) is 19.4 Å². The van der Waals surface area contributed by atoms with E-state index in [0.29, 0.717) is 44.6 Å². The first-order valence-corrected chi connectivity index (χ1v) is 10.7. The number of aryl methyl sites for hydroxylation is 1. The molecule has 1 aliphatic heterocycles. The zero-order valence-corrected chi connectivity index (χ0v) is 15.8. The number of aromatic nitrogens is 4. The van der Waals surface area contributed by atoms with E-state index in [4.69, 9.17) is 0 Å². The van der Waals surface area contributed by atoms with Gasteiger partial charge in [-0.2, -0.15) is 5.10 Å². The summed E-state index contributed by atoms with van der Waals surface area (Å²) in [6, 6.07) is 3.59. The van der Waals surface area contributed by atoms with Crippen LogP contribution in [0.2, 0.25) is 0 Å². The maximum Gasteiger partial charge on any atom is 0.346 e. The molecule has 0 bridgehead atoms. The third-order valence-corrected chi connectivity index (χ3v) is 6.10. The average molecular weight is 379 g/mol. The first kappa shape index (κ1) is 18.8. The average Bonchev–Trinajstić information content (AvgIpc) is 2.78. The van der Waals surface area contributed by atoms with E-state index >= 15 is 0 Å². The summed E-state index contributed by atoms with van der Waals surface area (Å²) >= 11 is 0. The number of nitrogens with one attached hydrogen (secondary N) is 1. The van der Waals surface area contributed by atoms with Crippen molar-refractivity contribution in [2.24, 2.45) is 0 Å². The van der Waals surface area contributed by atoms with E-state index in [9.17, 15) is 13.2 Å². The molecule has 2 aromatic heterocycles. The van der Waals surface area contributed by atoms with E-state index in [2.05, 4.69) is 14.8 Å². The number of hydrogen-bond donors (Lipinski definition) is 1. The van der Waals surface area contributed by atoms with Gasteiger partial charge >= 0.3 is 5.69 Å². The molecule has 0 fully saturated rings. The smallest absolute Gasteiger partial charge is 0.279 e. The third-order valence-electron chi connectivity index (χ3n) is 4.58. The van der Waals surface area contributed by atoms with E-state index in [0.717, 1.165) is 12.0 Å². The molecular weight excluding hydrogens is 354 g/mol. The summed E-state index contributed by atoms with van der Waals surface area (Å²) in [5.74, 6) is 0.872. The van der Waals surface area contributed by atoms with Crippen LogP contribution in [0, 0.1) is 0 Å². The molecule has 1 aliphatic rings. The Morgan fingerprint density at radius 1 is 1.35 bits per heavy atom. The van der Waals surface area contributed by atoms with Crippen molar-refractivity contribution in [1.29, 1.82) is 0 Å². The van der Waals surface area contributed by atoms with Gasteiger partial charge in [-0.05, 0) is 30.9 Å². The van der Waals surface area contributed by atoms with Crippen molar-refractivity contribution in [3.63, 3.8) is 0 Å². The molecule has 3 heterocycles. The molecule has 26 heavy (non-hydrogen) atoms. The van der Waals surface area contributed by atoms with Crippen molar-refractivity contribution in [3.05, 3.63) is 46.4 Å². The fourth-order valence-corrected chi connectivity index (χ4v) is 4.69. The van der Waals surface area contributed by atoms with Gasteiger partial charge in [0, 0.05) is 31.4 Å². The van der Waals surface area contributed by atoms with Crippen molar-refractivity contribution >= 4 is 10.0 Å². The maximum atomic E-state index is 12.6. The summed E-state index contributed by atoms with van der Waals surface area (Å²) < 4.78 is 30.1. The molecule has 1 unspecified atom stereocenters. The monoisotopic (exact) mass is 379 g/mol. The van der Waals surface area contributed by atoms with Crippen LogP contribution >= 0.6 is 0 Å². The van der Waals surface area contributed by atoms with Crippen molar-refractivity contribution in [2.45, 2.75) is 58.2 Å². The Kier molecular flexibility index (Phi) is 5.87. The van der Waals surface area contributed by atoms with Gasteiger partial charge in [0.15, 0.2) is 0 Å². The normalized spacial score (nSPS) is 17.7. The molecule has 0 aliphatic carbocycles. The number of pyridine rings is 1. The minimum Gasteiger partial charge on any atom is -0.279 e. The highest BCUT2D eigenvalue weighted by Crippen LogP contribution is 2.13. The van der Waals surface area contributed by atoms with Crippen LogP contribution in [0.25, 0.3) is 0 Å². The van der Waals surface area contributed by atoms with Gasteiger partial charge in [-0.15, -0.1) is 0 Å². The quantitative estimate of drug-likeness (QED) is 0.771. The zero-order valence-electron chi connectivity index (χ0n) is 15.0. The topological polar surface area (TPSA) is 98.9 Å². The molecule has 1 N–H and O–H groups in total. The van der Waals surface area contributed by atoms with Gasteiger partial charge in [0.05, 0.1) is 12.3 Å². The lowest BCUT2D eigenvalue weighted by atomic mass is 10.1. The molecule has 142 valence electrons. The minimum atomic E-state index is -3.26. The molecule has 9 heteroatoms. The van der Waals surface area contributed by atoms with Crippen LogP contribution in [0.15, 0.2) is 29.3 Å². The maximum absolute atomic E-state index is 12.6. The molecule has 0 saturated carbocycles. The first-order valence-electron chi connectivity index (χ1n) is 9.04. The molecule has 8 nitrogen and oxygen atoms in total. The van der Waals surface area contributed by atoms with Crippen LogP contribution in [0.4, 0.5) is 0 Å². The molecule has 0 radical (unpaired) electrons. The van der Waals surface area contributed by atoms with Crippen LogP contribution in [-0.2, 0) is 29.5 Å². The predicted molar refractivity (Wildman–Crippen MR) is 98.4 cm³/mol. The van der Waals surface area contributed by atoms with Crippen LogP contribution in [0.1, 0.15) is 44.0 Å². The van der Waals surface area contributed by atoms with Crippen molar-refractivity contribution < 1.29 is 8.42 Å². The Morgan fingerprint density at radius 2 is 2.19 bits per heavy atom. The highest BCUT2D eigenvalue weighted by molar-refractivity contribution is 7.89. The SMILES string of the molecule is CCCCS(=O)(=O)NC1CCc2nn(Cc3cccnc3)c(=O)n2CC1. The lowest BCUT2D eigenvalue weighted by Crippen LogP contribution is -2.37. The summed E-state index contributed by atoms with van der Waals surface area (Å²) in [5, 5.41) is 4.45. The zero-order chi connectivity index (χ0) is 18.6. The third kappa shape index (κ3) is 4.59. The summed E-state index contributed by atoms with van der Waals surface area (Å²) in [7, 11) is -3.26. The molecule has 0 saturated heterocycles. The van der Waals surface area contributed by atoms with E-state index in [-0.39, 0.29) is 17.5 Å². The minimum absolute atomic E-state index is 0.148. The van der Waals surface area contributed by atoms with Crippen LogP contribution < -0.4 is 10.4 Å². The highest BCUT2D eigenvalue weighted by Gasteiger charge is 2.24. The van der Waals surface area contributed by atoms with E-state index in [1.54, 1.807) is 17.0 Å². The van der Waals surface area contributed by atoms with Crippen LogP contribution in [0.5, 0.6) is 0 Å². The second-order valence-corrected chi connectivity index (χ2v) is 8.56.